The van der Waals surface area contributed by atoms with Crippen LogP contribution < -0.4 is 15.4 Å². The zero-order valence-corrected chi connectivity index (χ0v) is 23.8. The number of ether oxygens (including phenoxy) is 1. The number of hydrogen-bond donors (Lipinski definition) is 3. The Balaban J connectivity index is 2.06. The number of rotatable bonds is 19. The molecule has 0 aromatic heterocycles. The summed E-state index contributed by atoms with van der Waals surface area (Å²) in [5, 5.41) is 14.4. The lowest BCUT2D eigenvalue weighted by atomic mass is 10.1. The van der Waals surface area contributed by atoms with E-state index in [0.29, 0.717) is 12.8 Å². The molecule has 7 nitrogen and oxygen atoms in total. The smallest absolute Gasteiger partial charge is 0.412 e. The van der Waals surface area contributed by atoms with Gasteiger partial charge in [0.1, 0.15) is 11.3 Å². The Labute approximate surface area is 239 Å². The van der Waals surface area contributed by atoms with Gasteiger partial charge in [-0.25, -0.2) is 9.59 Å². The van der Waals surface area contributed by atoms with Gasteiger partial charge in [0.15, 0.2) is 0 Å². The molecule has 216 valence electrons. The minimum Gasteiger partial charge on any atom is -0.478 e. The third-order valence-electron chi connectivity index (χ3n) is 5.42. The lowest BCUT2D eigenvalue weighted by molar-refractivity contribution is -0.120. The second kappa shape index (κ2) is 22.8. The van der Waals surface area contributed by atoms with E-state index in [1.165, 1.54) is 12.1 Å². The van der Waals surface area contributed by atoms with Crippen molar-refractivity contribution >= 4 is 18.0 Å². The fourth-order valence-electron chi connectivity index (χ4n) is 3.34. The van der Waals surface area contributed by atoms with E-state index in [-0.39, 0.29) is 30.3 Å². The van der Waals surface area contributed by atoms with Crippen LogP contribution in [0.25, 0.3) is 0 Å². The van der Waals surface area contributed by atoms with Gasteiger partial charge in [-0.1, -0.05) is 85.9 Å². The maximum Gasteiger partial charge on any atom is 0.412 e. The lowest BCUT2D eigenvalue weighted by Gasteiger charge is -2.10. The predicted molar refractivity (Wildman–Crippen MR) is 163 cm³/mol. The number of benzene rings is 1. The summed E-state index contributed by atoms with van der Waals surface area (Å²) in [4.78, 5) is 35.1. The van der Waals surface area contributed by atoms with Gasteiger partial charge in [0.25, 0.3) is 0 Å². The Bertz CT molecular complexity index is 1080. The summed E-state index contributed by atoms with van der Waals surface area (Å²) in [6, 6.07) is 4.50. The summed E-state index contributed by atoms with van der Waals surface area (Å²) in [6.45, 7) is 4.32. The SMILES string of the molecule is CC/C=C\C/C=C\C/C=C\C/C=C\C/C=C\C/C=C\CCC(=O)NCCNC(=O)Oc1cc(C)ccc1C(=O)O. The Morgan fingerprint density at radius 1 is 0.750 bits per heavy atom. The number of carbonyl (C=O) groups excluding carboxylic acids is 2. The number of carboxylic acids is 1. The molecule has 0 atom stereocenters. The summed E-state index contributed by atoms with van der Waals surface area (Å²) in [7, 11) is 0. The van der Waals surface area contributed by atoms with Gasteiger partial charge in [-0.05, 0) is 69.6 Å². The summed E-state index contributed by atoms with van der Waals surface area (Å²) >= 11 is 0. The number of aromatic carboxylic acids is 1. The standard InChI is InChI=1S/C33H44N2O5/c1-3-4-5-6-7-8-9-10-11-12-13-14-15-16-17-18-19-20-21-22-31(36)34-25-26-35-33(39)40-30-27-28(2)23-24-29(30)32(37)38/h4-5,7-8,10-11,13-14,16-17,19-20,23-24,27H,3,6,9,12,15,18,21-22,25-26H2,1-2H3,(H,34,36)(H,35,39)(H,37,38)/b5-4-,8-7-,11-10-,14-13-,17-16-,20-19-. The molecule has 0 saturated heterocycles. The van der Waals surface area contributed by atoms with E-state index in [2.05, 4.69) is 78.3 Å². The normalized spacial score (nSPS) is 12.1. The van der Waals surface area contributed by atoms with Crippen molar-refractivity contribution in [2.75, 3.05) is 13.1 Å². The molecule has 7 heteroatoms. The van der Waals surface area contributed by atoms with Crippen molar-refractivity contribution in [1.82, 2.24) is 10.6 Å². The van der Waals surface area contributed by atoms with Crippen LogP contribution in [0.4, 0.5) is 4.79 Å². The van der Waals surface area contributed by atoms with Crippen LogP contribution in [-0.4, -0.2) is 36.2 Å². The number of hydrogen-bond acceptors (Lipinski definition) is 4. The van der Waals surface area contributed by atoms with Crippen molar-refractivity contribution in [1.29, 1.82) is 0 Å². The van der Waals surface area contributed by atoms with Crippen molar-refractivity contribution in [2.45, 2.75) is 65.2 Å². The first-order chi connectivity index (χ1) is 19.4. The molecule has 0 aliphatic heterocycles. The predicted octanol–water partition coefficient (Wildman–Crippen LogP) is 7.38. The van der Waals surface area contributed by atoms with Crippen molar-refractivity contribution in [3.05, 3.63) is 102 Å². The van der Waals surface area contributed by atoms with Gasteiger partial charge < -0.3 is 20.5 Å². The molecule has 1 aromatic carbocycles. The second-order valence-electron chi connectivity index (χ2n) is 8.92. The fourth-order valence-corrected chi connectivity index (χ4v) is 3.34. The second-order valence-corrected chi connectivity index (χ2v) is 8.92. The molecule has 0 fully saturated rings. The average Bonchev–Trinajstić information content (AvgIpc) is 2.92. The molecule has 40 heavy (non-hydrogen) atoms. The Kier molecular flexibility index (Phi) is 19.3. The molecule has 1 aromatic rings. The van der Waals surface area contributed by atoms with E-state index in [4.69, 9.17) is 4.74 Å². The number of aryl methyl sites for hydroxylation is 1. The van der Waals surface area contributed by atoms with Crippen LogP contribution in [0.15, 0.2) is 91.1 Å². The molecule has 0 spiro atoms. The van der Waals surface area contributed by atoms with E-state index in [1.807, 2.05) is 12.2 Å². The molecule has 0 bridgehead atoms. The monoisotopic (exact) mass is 548 g/mol. The lowest BCUT2D eigenvalue weighted by Crippen LogP contribution is -2.36. The number of carboxylic acid groups (broad SMARTS) is 1. The quantitative estimate of drug-likeness (QED) is 0.124. The minimum absolute atomic E-state index is 0.0228. The van der Waals surface area contributed by atoms with Crippen LogP contribution in [-0.2, 0) is 4.79 Å². The Hall–Kier alpha value is -4.13. The highest BCUT2D eigenvalue weighted by atomic mass is 16.6. The van der Waals surface area contributed by atoms with Gasteiger partial charge in [-0.3, -0.25) is 4.79 Å². The molecule has 0 unspecified atom stereocenters. The fraction of sp³-hybridized carbons (Fsp3) is 0.364. The largest absolute Gasteiger partial charge is 0.478 e. The summed E-state index contributed by atoms with van der Waals surface area (Å²) in [5.41, 5.74) is 0.676. The van der Waals surface area contributed by atoms with E-state index < -0.39 is 12.1 Å². The molecule has 0 heterocycles. The minimum atomic E-state index is -1.18. The average molecular weight is 549 g/mol. The Morgan fingerprint density at radius 2 is 1.25 bits per heavy atom. The zero-order chi connectivity index (χ0) is 29.3. The van der Waals surface area contributed by atoms with Gasteiger partial charge >= 0.3 is 12.1 Å². The molecular weight excluding hydrogens is 504 g/mol. The van der Waals surface area contributed by atoms with Gasteiger partial charge in [0.2, 0.25) is 5.91 Å². The van der Waals surface area contributed by atoms with Gasteiger partial charge in [-0.15, -0.1) is 0 Å². The molecule has 0 aliphatic rings. The van der Waals surface area contributed by atoms with Crippen LogP contribution in [0.2, 0.25) is 0 Å². The molecule has 2 amide bonds. The maximum atomic E-state index is 11.9. The van der Waals surface area contributed by atoms with Gasteiger partial charge in [0, 0.05) is 19.5 Å². The molecule has 0 aliphatic carbocycles. The first-order valence-corrected chi connectivity index (χ1v) is 13.9. The topological polar surface area (TPSA) is 105 Å². The third kappa shape index (κ3) is 18.2. The maximum absolute atomic E-state index is 11.9. The van der Waals surface area contributed by atoms with Crippen molar-refractivity contribution in [3.8, 4) is 5.75 Å². The number of nitrogens with one attached hydrogen (secondary N) is 2. The van der Waals surface area contributed by atoms with Crippen LogP contribution in [0, 0.1) is 6.92 Å². The first kappa shape index (κ1) is 33.9. The summed E-state index contributed by atoms with van der Waals surface area (Å²) in [6.07, 6.45) is 31.7. The van der Waals surface area contributed by atoms with Crippen molar-refractivity contribution < 1.29 is 24.2 Å². The van der Waals surface area contributed by atoms with Crippen LogP contribution in [0.1, 0.15) is 74.2 Å². The highest BCUT2D eigenvalue weighted by Gasteiger charge is 2.14. The van der Waals surface area contributed by atoms with E-state index >= 15 is 0 Å². The first-order valence-electron chi connectivity index (χ1n) is 13.9. The molecule has 1 rings (SSSR count). The van der Waals surface area contributed by atoms with Gasteiger partial charge in [0.05, 0.1) is 0 Å². The van der Waals surface area contributed by atoms with Crippen LogP contribution >= 0.6 is 0 Å². The zero-order valence-electron chi connectivity index (χ0n) is 23.8. The van der Waals surface area contributed by atoms with E-state index in [0.717, 1.165) is 44.1 Å². The number of amides is 2. The Morgan fingerprint density at radius 3 is 1.77 bits per heavy atom. The van der Waals surface area contributed by atoms with Gasteiger partial charge in [-0.2, -0.15) is 0 Å². The molecule has 0 saturated carbocycles. The van der Waals surface area contributed by atoms with E-state index in [9.17, 15) is 19.5 Å². The highest BCUT2D eigenvalue weighted by Crippen LogP contribution is 2.20. The highest BCUT2D eigenvalue weighted by molar-refractivity contribution is 5.92. The van der Waals surface area contributed by atoms with Crippen molar-refractivity contribution in [2.24, 2.45) is 0 Å². The third-order valence-corrected chi connectivity index (χ3v) is 5.42. The summed E-state index contributed by atoms with van der Waals surface area (Å²) in [5.74, 6) is -1.31. The molecule has 0 radical (unpaired) electrons. The van der Waals surface area contributed by atoms with Crippen LogP contribution in [0.5, 0.6) is 5.75 Å². The summed E-state index contributed by atoms with van der Waals surface area (Å²) < 4.78 is 5.10. The number of carbonyl (C=O) groups is 3. The van der Waals surface area contributed by atoms with E-state index in [1.54, 1.807) is 13.0 Å². The molecular formula is C33H44N2O5. The van der Waals surface area contributed by atoms with Crippen molar-refractivity contribution in [3.63, 3.8) is 0 Å². The molecule has 3 N–H and O–H groups in total. The number of allylic oxidation sites excluding steroid dienone is 12. The van der Waals surface area contributed by atoms with Crippen LogP contribution in [0.3, 0.4) is 0 Å².